The van der Waals surface area contributed by atoms with Gasteiger partial charge in [0.15, 0.2) is 9.84 Å². The summed E-state index contributed by atoms with van der Waals surface area (Å²) in [6.07, 6.45) is 3.24. The standard InChI is InChI=1S/C42H42ClN7O7S/c1-25-18-42(24-49(25)29-5-8-35(44-2)34(43)17-29)11-13-47(14-12-42)28-3-6-30(7-4-28)58(56,57)31-21-48(22-31)38(52)23-46-19-26-15-32-33(16-27(26)20-46)41(55)50(40(32)54)36-9-10-37(51)45-39(36)53/h3-8,15-17,25,31,36H,9-14,18-24H2,1H3,(H,45,51,53)/t25-,36?/m0/s1. The van der Waals surface area contributed by atoms with Crippen LogP contribution in [0.5, 0.6) is 0 Å². The zero-order valence-electron chi connectivity index (χ0n) is 31.9. The van der Waals surface area contributed by atoms with Crippen molar-refractivity contribution in [2.24, 2.45) is 5.41 Å². The maximum absolute atomic E-state index is 13.6. The number of anilines is 2. The van der Waals surface area contributed by atoms with Crippen molar-refractivity contribution >= 4 is 68.0 Å². The number of rotatable bonds is 7. The molecule has 58 heavy (non-hydrogen) atoms. The van der Waals surface area contributed by atoms with E-state index in [0.29, 0.717) is 29.8 Å². The highest BCUT2D eigenvalue weighted by atomic mass is 35.5. The van der Waals surface area contributed by atoms with E-state index in [-0.39, 0.29) is 59.8 Å². The van der Waals surface area contributed by atoms with Crippen molar-refractivity contribution in [3.05, 3.63) is 93.3 Å². The fourth-order valence-corrected chi connectivity index (χ4v) is 11.6. The lowest BCUT2D eigenvalue weighted by molar-refractivity contribution is -0.137. The van der Waals surface area contributed by atoms with Crippen LogP contribution in [0.15, 0.2) is 59.5 Å². The summed E-state index contributed by atoms with van der Waals surface area (Å²) in [4.78, 5) is 76.6. The Morgan fingerprint density at radius 1 is 0.931 bits per heavy atom. The van der Waals surface area contributed by atoms with Crippen molar-refractivity contribution in [1.82, 2.24) is 20.0 Å². The predicted octanol–water partition coefficient (Wildman–Crippen LogP) is 4.18. The molecule has 14 nitrogen and oxygen atoms in total. The Morgan fingerprint density at radius 2 is 1.57 bits per heavy atom. The molecule has 0 saturated carbocycles. The summed E-state index contributed by atoms with van der Waals surface area (Å²) < 4.78 is 27.2. The zero-order valence-corrected chi connectivity index (χ0v) is 33.5. The molecule has 4 fully saturated rings. The fraction of sp³-hybridized carbons (Fsp3) is 0.429. The summed E-state index contributed by atoms with van der Waals surface area (Å²) in [6, 6.07) is 15.4. The number of sulfone groups is 1. The Labute approximate surface area is 341 Å². The van der Waals surface area contributed by atoms with E-state index >= 15 is 0 Å². The number of hydrogen-bond donors (Lipinski definition) is 1. The van der Waals surface area contributed by atoms with Gasteiger partial charge in [-0.1, -0.05) is 17.7 Å². The van der Waals surface area contributed by atoms with Gasteiger partial charge in [-0.15, -0.1) is 0 Å². The molecule has 1 spiro atoms. The van der Waals surface area contributed by atoms with Gasteiger partial charge in [-0.05, 0) is 97.7 Å². The fourth-order valence-electron chi connectivity index (χ4n) is 9.75. The molecule has 3 aromatic rings. The summed E-state index contributed by atoms with van der Waals surface area (Å²) in [5, 5.41) is 1.98. The Kier molecular flexibility index (Phi) is 9.37. The minimum atomic E-state index is -3.65. The van der Waals surface area contributed by atoms with Gasteiger partial charge in [0.25, 0.3) is 11.8 Å². The van der Waals surface area contributed by atoms with Crippen LogP contribution in [0.3, 0.4) is 0 Å². The van der Waals surface area contributed by atoms with Crippen LogP contribution in [0.2, 0.25) is 5.02 Å². The van der Waals surface area contributed by atoms with Gasteiger partial charge in [0.2, 0.25) is 23.4 Å². The van der Waals surface area contributed by atoms with Crippen LogP contribution in [0.25, 0.3) is 4.85 Å². The van der Waals surface area contributed by atoms with Gasteiger partial charge in [-0.25, -0.2) is 13.3 Å². The van der Waals surface area contributed by atoms with Gasteiger partial charge in [-0.3, -0.25) is 39.1 Å². The van der Waals surface area contributed by atoms with Crippen molar-refractivity contribution in [3.63, 3.8) is 0 Å². The van der Waals surface area contributed by atoms with Crippen molar-refractivity contribution in [3.8, 4) is 0 Å². The quantitative estimate of drug-likeness (QED) is 0.272. The van der Waals surface area contributed by atoms with Crippen molar-refractivity contribution < 1.29 is 32.4 Å². The lowest BCUT2D eigenvalue weighted by Gasteiger charge is -2.41. The van der Waals surface area contributed by atoms with Crippen LogP contribution >= 0.6 is 11.6 Å². The van der Waals surface area contributed by atoms with Gasteiger partial charge in [0, 0.05) is 74.7 Å². The molecular weight excluding hydrogens is 782 g/mol. The van der Waals surface area contributed by atoms with Crippen molar-refractivity contribution in [2.45, 2.75) is 74.3 Å². The second-order valence-electron chi connectivity index (χ2n) is 16.6. The molecule has 6 aliphatic rings. The van der Waals surface area contributed by atoms with E-state index in [4.69, 9.17) is 18.2 Å². The molecule has 9 rings (SSSR count). The number of benzene rings is 3. The molecule has 2 atom stereocenters. The van der Waals surface area contributed by atoms with E-state index in [1.54, 1.807) is 35.2 Å². The molecule has 6 heterocycles. The van der Waals surface area contributed by atoms with Crippen LogP contribution in [0, 0.1) is 12.0 Å². The van der Waals surface area contributed by atoms with E-state index in [9.17, 15) is 32.4 Å². The molecule has 0 radical (unpaired) electrons. The molecule has 300 valence electrons. The number of nitrogens with zero attached hydrogens (tertiary/aromatic N) is 6. The summed E-state index contributed by atoms with van der Waals surface area (Å²) >= 11 is 6.36. The van der Waals surface area contributed by atoms with Gasteiger partial charge in [0.1, 0.15) is 11.3 Å². The van der Waals surface area contributed by atoms with Gasteiger partial charge in [0.05, 0.1) is 29.1 Å². The monoisotopic (exact) mass is 823 g/mol. The number of nitrogens with one attached hydrogen (secondary N) is 1. The molecule has 3 aromatic carbocycles. The Balaban J connectivity index is 0.760. The summed E-state index contributed by atoms with van der Waals surface area (Å²) in [5.74, 6) is -2.44. The van der Waals surface area contributed by atoms with E-state index < -0.39 is 44.8 Å². The highest BCUT2D eigenvalue weighted by Crippen LogP contribution is 2.46. The average molecular weight is 824 g/mol. The first-order chi connectivity index (χ1) is 27.7. The third-order valence-electron chi connectivity index (χ3n) is 13.1. The minimum absolute atomic E-state index is 0.0434. The molecular formula is C42H42ClN7O7S. The number of hydrogen-bond acceptors (Lipinski definition) is 10. The molecule has 0 aliphatic carbocycles. The number of halogens is 1. The Bertz CT molecular complexity index is 2390. The topological polar surface area (TPSA) is 152 Å². The Morgan fingerprint density at radius 3 is 2.17 bits per heavy atom. The third kappa shape index (κ3) is 6.51. The number of amides is 5. The first kappa shape index (κ1) is 38.2. The number of fused-ring (bicyclic) bond motifs is 2. The van der Waals surface area contributed by atoms with Crippen LogP contribution in [-0.4, -0.2) is 109 Å². The maximum Gasteiger partial charge on any atom is 0.262 e. The number of carbonyl (C=O) groups is 5. The normalized spacial score (nSPS) is 23.3. The molecule has 4 saturated heterocycles. The molecule has 1 unspecified atom stereocenters. The number of carbonyl (C=O) groups excluding carboxylic acids is 5. The molecule has 5 amide bonds. The van der Waals surface area contributed by atoms with E-state index in [1.165, 1.54) is 0 Å². The van der Waals surface area contributed by atoms with Gasteiger partial charge in [-0.2, -0.15) is 0 Å². The van der Waals surface area contributed by atoms with E-state index in [2.05, 4.69) is 26.9 Å². The lowest BCUT2D eigenvalue weighted by atomic mass is 9.76. The highest BCUT2D eigenvalue weighted by molar-refractivity contribution is 7.92. The molecule has 1 N–H and O–H groups in total. The van der Waals surface area contributed by atoms with Crippen LogP contribution < -0.4 is 15.1 Å². The number of likely N-dealkylation sites (tertiary alicyclic amines) is 1. The molecule has 16 heteroatoms. The third-order valence-corrected chi connectivity index (χ3v) is 15.5. The molecule has 0 bridgehead atoms. The lowest BCUT2D eigenvalue weighted by Crippen LogP contribution is -2.58. The predicted molar refractivity (Wildman–Crippen MR) is 214 cm³/mol. The van der Waals surface area contributed by atoms with Crippen LogP contribution in [-0.2, 0) is 37.3 Å². The van der Waals surface area contributed by atoms with Gasteiger partial charge >= 0.3 is 0 Å². The molecule has 0 aromatic heterocycles. The first-order valence-electron chi connectivity index (χ1n) is 19.6. The zero-order chi connectivity index (χ0) is 40.7. The summed E-state index contributed by atoms with van der Waals surface area (Å²) in [5.41, 5.74) is 4.69. The Hall–Kier alpha value is -5.30. The van der Waals surface area contributed by atoms with E-state index in [1.807, 2.05) is 29.2 Å². The van der Waals surface area contributed by atoms with Crippen molar-refractivity contribution in [2.75, 3.05) is 49.1 Å². The van der Waals surface area contributed by atoms with E-state index in [0.717, 1.165) is 66.3 Å². The second-order valence-corrected chi connectivity index (χ2v) is 19.3. The molecule has 6 aliphatic heterocycles. The first-order valence-corrected chi connectivity index (χ1v) is 21.6. The summed E-state index contributed by atoms with van der Waals surface area (Å²) in [7, 11) is -3.65. The second kappa shape index (κ2) is 14.2. The smallest absolute Gasteiger partial charge is 0.262 e. The minimum Gasteiger partial charge on any atom is -0.371 e. The number of piperidine rings is 2. The largest absolute Gasteiger partial charge is 0.371 e. The van der Waals surface area contributed by atoms with Crippen LogP contribution in [0.1, 0.15) is 70.9 Å². The van der Waals surface area contributed by atoms with Crippen LogP contribution in [0.4, 0.5) is 17.1 Å². The SMILES string of the molecule is [C-]#[N+]c1ccc(N2CC3(CCN(c4ccc(S(=O)(=O)C5CN(C(=O)CN6Cc7cc8c(cc7C6)C(=O)N(C6CCC(=O)NC6=O)C8=O)C5)cc4)CC3)C[C@@H]2C)cc1Cl. The summed E-state index contributed by atoms with van der Waals surface area (Å²) in [6.45, 7) is 13.2. The maximum atomic E-state index is 13.6. The van der Waals surface area contributed by atoms with Crippen molar-refractivity contribution in [1.29, 1.82) is 0 Å². The highest BCUT2D eigenvalue weighted by Gasteiger charge is 2.47. The average Bonchev–Trinajstić information content (AvgIpc) is 3.80. The number of imide groups is 2. The van der Waals surface area contributed by atoms with Gasteiger partial charge < -0.3 is 14.7 Å².